The highest BCUT2D eigenvalue weighted by Gasteiger charge is 2.31. The van der Waals surface area contributed by atoms with E-state index < -0.39 is 27.9 Å². The lowest BCUT2D eigenvalue weighted by atomic mass is 9.96. The third-order valence-corrected chi connectivity index (χ3v) is 7.57. The van der Waals surface area contributed by atoms with Gasteiger partial charge in [-0.2, -0.15) is 0 Å². The van der Waals surface area contributed by atoms with Crippen molar-refractivity contribution < 1.29 is 37.0 Å². The Morgan fingerprint density at radius 3 is 2.33 bits per heavy atom. The van der Waals surface area contributed by atoms with Crippen LogP contribution in [0.1, 0.15) is 66.1 Å². The number of rotatable bonds is 14. The van der Waals surface area contributed by atoms with Gasteiger partial charge in [0.2, 0.25) is 10.0 Å². The van der Waals surface area contributed by atoms with Crippen LogP contribution in [0, 0.1) is 5.92 Å². The van der Waals surface area contributed by atoms with Crippen molar-refractivity contribution >= 4 is 21.8 Å². The highest BCUT2D eigenvalue weighted by Crippen LogP contribution is 2.41. The number of fused-ring (bicyclic) bond motifs is 1. The number of nitrogens with two attached hydrogens (primary N) is 1. The summed E-state index contributed by atoms with van der Waals surface area (Å²) in [6.45, 7) is 2.83. The van der Waals surface area contributed by atoms with Crippen molar-refractivity contribution in [1.29, 1.82) is 0 Å². The maximum atomic E-state index is 12.4. The zero-order valence-corrected chi connectivity index (χ0v) is 24.1. The van der Waals surface area contributed by atoms with Crippen LogP contribution < -0.4 is 29.4 Å². The first kappa shape index (κ1) is 29.5. The summed E-state index contributed by atoms with van der Waals surface area (Å²) in [6.07, 6.45) is 6.24. The topological polar surface area (TPSA) is 143 Å². The fourth-order valence-corrected chi connectivity index (χ4v) is 5.44. The molecule has 11 heteroatoms. The smallest absolute Gasteiger partial charge is 0.274 e. The van der Waals surface area contributed by atoms with E-state index in [0.717, 1.165) is 48.6 Å². The summed E-state index contributed by atoms with van der Waals surface area (Å²) in [4.78, 5) is 24.3. The highest BCUT2D eigenvalue weighted by molar-refractivity contribution is 7.89. The van der Waals surface area contributed by atoms with E-state index in [2.05, 4.69) is 0 Å². The third kappa shape index (κ3) is 7.38. The average Bonchev–Trinajstić information content (AvgIpc) is 3.72. The van der Waals surface area contributed by atoms with Crippen LogP contribution in [0.5, 0.6) is 23.0 Å². The molecule has 1 aliphatic carbocycles. The monoisotopic (exact) mass is 574 g/mol. The zero-order chi connectivity index (χ0) is 28.9. The Balaban J connectivity index is 1.40. The van der Waals surface area contributed by atoms with Gasteiger partial charge in [0.15, 0.2) is 6.10 Å². The molecule has 1 atom stereocenters. The van der Waals surface area contributed by atoms with Crippen LogP contribution in [-0.4, -0.2) is 52.9 Å². The van der Waals surface area contributed by atoms with Gasteiger partial charge >= 0.3 is 0 Å². The quantitative estimate of drug-likeness (QED) is 0.327. The van der Waals surface area contributed by atoms with E-state index >= 15 is 0 Å². The van der Waals surface area contributed by atoms with Gasteiger partial charge in [0, 0.05) is 17.5 Å². The molecule has 0 radical (unpaired) electrons. The molecule has 218 valence electrons. The average molecular weight is 575 g/mol. The summed E-state index contributed by atoms with van der Waals surface area (Å²) in [6, 6.07) is 7.27. The Kier molecular flexibility index (Phi) is 9.44. The standard InChI is InChI=1S/C29H38N2O8S/c1-4-6-20-23(12-9-19-10-13-25(39-26(19)20)29(33)31-40(3,34)35)37-15-5-16-38-24-14-11-21(28(30)32)27(36-2)22(24)17-18-7-8-18/h9,11-12,14,18,25H,4-8,10,13,15-17H2,1-3H3,(H2,30,32)(H,31,33). The Morgan fingerprint density at radius 1 is 1.05 bits per heavy atom. The van der Waals surface area contributed by atoms with Gasteiger partial charge in [-0.1, -0.05) is 19.4 Å². The molecular weight excluding hydrogens is 536 g/mol. The van der Waals surface area contributed by atoms with Gasteiger partial charge in [-0.25, -0.2) is 8.42 Å². The van der Waals surface area contributed by atoms with E-state index in [1.54, 1.807) is 12.1 Å². The number of nitrogens with one attached hydrogen (secondary N) is 1. The second-order valence-electron chi connectivity index (χ2n) is 10.3. The van der Waals surface area contributed by atoms with E-state index in [0.29, 0.717) is 73.4 Å². The number of benzene rings is 2. The largest absolute Gasteiger partial charge is 0.495 e. The molecule has 4 rings (SSSR count). The van der Waals surface area contributed by atoms with Crippen molar-refractivity contribution in [2.24, 2.45) is 11.7 Å². The molecule has 3 N–H and O–H groups in total. The van der Waals surface area contributed by atoms with Gasteiger partial charge in [-0.15, -0.1) is 0 Å². The first-order valence-electron chi connectivity index (χ1n) is 13.7. The van der Waals surface area contributed by atoms with Crippen LogP contribution in [0.25, 0.3) is 0 Å². The SMILES string of the molecule is CCCc1c(OCCCOc2ccc(C(N)=O)c(OC)c2CC2CC2)ccc2c1OC(C(=O)NS(C)(=O)=O)CC2. The molecule has 2 aromatic rings. The number of methoxy groups -OCH3 is 1. The Morgan fingerprint density at radius 2 is 1.73 bits per heavy atom. The number of hydrogen-bond acceptors (Lipinski definition) is 8. The molecule has 0 spiro atoms. The number of carbonyl (C=O) groups is 2. The third-order valence-electron chi connectivity index (χ3n) is 6.99. The molecule has 0 saturated heterocycles. The molecular formula is C29H38N2O8S. The van der Waals surface area contributed by atoms with Crippen LogP contribution in [-0.2, 0) is 34.1 Å². The van der Waals surface area contributed by atoms with Crippen molar-refractivity contribution in [1.82, 2.24) is 4.72 Å². The molecule has 1 unspecified atom stereocenters. The van der Waals surface area contributed by atoms with Crippen LogP contribution in [0.2, 0.25) is 0 Å². The summed E-state index contributed by atoms with van der Waals surface area (Å²) in [5.74, 6) is 1.79. The van der Waals surface area contributed by atoms with Crippen molar-refractivity contribution in [3.05, 3.63) is 46.5 Å². The normalized spacial score (nSPS) is 16.4. The summed E-state index contributed by atoms with van der Waals surface area (Å²) in [5.41, 5.74) is 8.61. The van der Waals surface area contributed by atoms with E-state index in [1.165, 1.54) is 7.11 Å². The second kappa shape index (κ2) is 12.8. The van der Waals surface area contributed by atoms with Gasteiger partial charge < -0.3 is 24.7 Å². The maximum absolute atomic E-state index is 12.4. The Bertz CT molecular complexity index is 1350. The van der Waals surface area contributed by atoms with E-state index in [1.807, 2.05) is 23.8 Å². The van der Waals surface area contributed by atoms with Gasteiger partial charge in [0.05, 0.1) is 32.1 Å². The van der Waals surface area contributed by atoms with Crippen molar-refractivity contribution in [2.75, 3.05) is 26.6 Å². The number of carbonyl (C=O) groups excluding carboxylic acids is 2. The lowest BCUT2D eigenvalue weighted by molar-refractivity contribution is -0.126. The second-order valence-corrected chi connectivity index (χ2v) is 12.1. The Labute approximate surface area is 235 Å². The predicted octanol–water partition coefficient (Wildman–Crippen LogP) is 3.32. The molecule has 10 nitrogen and oxygen atoms in total. The van der Waals surface area contributed by atoms with Crippen LogP contribution in [0.4, 0.5) is 0 Å². The van der Waals surface area contributed by atoms with E-state index in [9.17, 15) is 18.0 Å². The van der Waals surface area contributed by atoms with Gasteiger partial charge in [-0.05, 0) is 68.2 Å². The molecule has 2 amide bonds. The van der Waals surface area contributed by atoms with E-state index in [4.69, 9.17) is 24.7 Å². The Hall–Kier alpha value is -3.47. The number of aryl methyl sites for hydroxylation is 1. The molecule has 1 heterocycles. The number of ether oxygens (including phenoxy) is 4. The maximum Gasteiger partial charge on any atom is 0.274 e. The summed E-state index contributed by atoms with van der Waals surface area (Å²) in [7, 11) is -2.14. The lowest BCUT2D eigenvalue weighted by Crippen LogP contribution is -2.42. The van der Waals surface area contributed by atoms with Crippen molar-refractivity contribution in [2.45, 2.75) is 64.4 Å². The molecule has 2 aromatic carbocycles. The highest BCUT2D eigenvalue weighted by atomic mass is 32.2. The van der Waals surface area contributed by atoms with Gasteiger partial charge in [0.25, 0.3) is 11.8 Å². The molecule has 0 bridgehead atoms. The minimum atomic E-state index is -3.68. The summed E-state index contributed by atoms with van der Waals surface area (Å²) < 4.78 is 48.8. The minimum absolute atomic E-state index is 0.350. The molecule has 1 aliphatic heterocycles. The van der Waals surface area contributed by atoms with Crippen LogP contribution in [0.3, 0.4) is 0 Å². The summed E-state index contributed by atoms with van der Waals surface area (Å²) >= 11 is 0. The minimum Gasteiger partial charge on any atom is -0.495 e. The van der Waals surface area contributed by atoms with Crippen molar-refractivity contribution in [3.63, 3.8) is 0 Å². The number of hydrogen-bond donors (Lipinski definition) is 2. The molecule has 1 saturated carbocycles. The number of sulfonamides is 1. The van der Waals surface area contributed by atoms with Crippen LogP contribution in [0.15, 0.2) is 24.3 Å². The molecule has 2 aliphatic rings. The summed E-state index contributed by atoms with van der Waals surface area (Å²) in [5, 5.41) is 0. The number of amides is 2. The number of primary amides is 1. The molecule has 1 fully saturated rings. The molecule has 0 aromatic heterocycles. The first-order valence-corrected chi connectivity index (χ1v) is 15.6. The fraction of sp³-hybridized carbons (Fsp3) is 0.517. The van der Waals surface area contributed by atoms with Gasteiger partial charge in [-0.3, -0.25) is 14.3 Å². The zero-order valence-electron chi connectivity index (χ0n) is 23.3. The fourth-order valence-electron chi connectivity index (χ4n) is 4.94. The predicted molar refractivity (Wildman–Crippen MR) is 150 cm³/mol. The lowest BCUT2D eigenvalue weighted by Gasteiger charge is -2.28. The van der Waals surface area contributed by atoms with E-state index in [-0.39, 0.29) is 0 Å². The van der Waals surface area contributed by atoms with Crippen LogP contribution >= 0.6 is 0 Å². The van der Waals surface area contributed by atoms with Crippen molar-refractivity contribution in [3.8, 4) is 23.0 Å². The van der Waals surface area contributed by atoms with Gasteiger partial charge in [0.1, 0.15) is 23.0 Å². The first-order chi connectivity index (χ1) is 19.1. The molecule has 40 heavy (non-hydrogen) atoms.